The Morgan fingerprint density at radius 3 is 2.54 bits per heavy atom. The van der Waals surface area contributed by atoms with E-state index in [0.717, 1.165) is 5.32 Å². The summed E-state index contributed by atoms with van der Waals surface area (Å²) in [6, 6.07) is 4.13. The molecule has 3 nitrogen and oxygen atoms in total. The highest BCUT2D eigenvalue weighted by atomic mass is 19.4. The number of carbonyl (C=O) groups excluding carboxylic acids is 1. The minimum atomic E-state index is -4.71. The van der Waals surface area contributed by atoms with Gasteiger partial charge in [-0.25, -0.2) is 0 Å². The predicted molar refractivity (Wildman–Crippen MR) is 37.8 cm³/mol. The van der Waals surface area contributed by atoms with Crippen molar-refractivity contribution in [3.8, 4) is 0 Å². The number of nitrogens with one attached hydrogen (secondary N) is 1. The average Bonchev–Trinajstić information content (AvgIpc) is 2.03. The van der Waals surface area contributed by atoms with Crippen molar-refractivity contribution in [1.82, 2.24) is 10.3 Å². The molecule has 0 bridgehead atoms. The number of hydrogen-bond donors (Lipinski definition) is 1. The number of pyridine rings is 1. The third-order valence-electron chi connectivity index (χ3n) is 1.15. The zero-order chi connectivity index (χ0) is 9.90. The first kappa shape index (κ1) is 9.50. The first-order chi connectivity index (χ1) is 5.99. The molecule has 0 aromatic carbocycles. The van der Waals surface area contributed by atoms with Crippen molar-refractivity contribution in [3.63, 3.8) is 0 Å². The highest BCUT2D eigenvalue weighted by molar-refractivity contribution is 5.92. The van der Waals surface area contributed by atoms with Crippen molar-refractivity contribution in [2.45, 2.75) is 6.30 Å². The van der Waals surface area contributed by atoms with Crippen LogP contribution in [0.1, 0.15) is 10.5 Å². The van der Waals surface area contributed by atoms with Crippen LogP contribution in [0.15, 0.2) is 24.4 Å². The third kappa shape index (κ3) is 3.10. The van der Waals surface area contributed by atoms with Crippen molar-refractivity contribution >= 4 is 5.91 Å². The standard InChI is InChI=1S/C7H5F3N2O/c8-7(9,10)12-6(13)5-3-1-2-4-11-5/h1-4H,(H,12,13). The molecule has 1 aromatic heterocycles. The smallest absolute Gasteiger partial charge is 0.267 e. The number of rotatable bonds is 1. The number of amides is 1. The van der Waals surface area contributed by atoms with Gasteiger partial charge in [-0.2, -0.15) is 13.2 Å². The summed E-state index contributed by atoms with van der Waals surface area (Å²) in [6.45, 7) is 0. The van der Waals surface area contributed by atoms with E-state index >= 15 is 0 Å². The molecule has 0 aliphatic rings. The van der Waals surface area contributed by atoms with E-state index in [4.69, 9.17) is 0 Å². The Bertz CT molecular complexity index is 296. The van der Waals surface area contributed by atoms with E-state index in [1.807, 2.05) is 0 Å². The molecule has 1 amide bonds. The molecule has 0 aliphatic carbocycles. The molecule has 0 fully saturated rings. The first-order valence-electron chi connectivity index (χ1n) is 3.29. The minimum absolute atomic E-state index is 0.264. The van der Waals surface area contributed by atoms with Crippen molar-refractivity contribution in [2.24, 2.45) is 0 Å². The molecular weight excluding hydrogens is 185 g/mol. The van der Waals surface area contributed by atoms with Crippen LogP contribution in [0.5, 0.6) is 0 Å². The maximum atomic E-state index is 11.6. The number of carbonyl (C=O) groups is 1. The fraction of sp³-hybridized carbons (Fsp3) is 0.143. The van der Waals surface area contributed by atoms with Gasteiger partial charge in [0.05, 0.1) is 0 Å². The Morgan fingerprint density at radius 2 is 2.08 bits per heavy atom. The van der Waals surface area contributed by atoms with Crippen LogP contribution in [0.2, 0.25) is 0 Å². The quantitative estimate of drug-likeness (QED) is 0.679. The second kappa shape index (κ2) is 3.42. The molecule has 1 heterocycles. The molecule has 70 valence electrons. The van der Waals surface area contributed by atoms with Gasteiger partial charge in [0.2, 0.25) is 0 Å². The lowest BCUT2D eigenvalue weighted by Gasteiger charge is -2.06. The molecule has 1 aromatic rings. The lowest BCUT2D eigenvalue weighted by atomic mass is 10.3. The van der Waals surface area contributed by atoms with Crippen molar-refractivity contribution in [1.29, 1.82) is 0 Å². The molecule has 6 heteroatoms. The highest BCUT2D eigenvalue weighted by Gasteiger charge is 2.30. The largest absolute Gasteiger partial charge is 0.484 e. The molecule has 13 heavy (non-hydrogen) atoms. The van der Waals surface area contributed by atoms with Gasteiger partial charge in [0.25, 0.3) is 5.91 Å². The summed E-state index contributed by atoms with van der Waals surface area (Å²) in [5.41, 5.74) is -0.264. The van der Waals surface area contributed by atoms with Gasteiger partial charge in [-0.1, -0.05) is 6.07 Å². The highest BCUT2D eigenvalue weighted by Crippen LogP contribution is 2.10. The SMILES string of the molecule is O=C(NC(F)(F)F)c1ccccn1. The molecule has 1 rings (SSSR count). The fourth-order valence-corrected chi connectivity index (χ4v) is 0.690. The molecule has 0 aliphatic heterocycles. The molecule has 1 N–H and O–H groups in total. The number of halogens is 3. The Labute approximate surface area is 71.6 Å². The molecule has 0 saturated carbocycles. The number of alkyl halides is 3. The number of aromatic nitrogens is 1. The van der Waals surface area contributed by atoms with Crippen LogP contribution in [-0.4, -0.2) is 17.2 Å². The van der Waals surface area contributed by atoms with Gasteiger partial charge in [-0.15, -0.1) is 0 Å². The van der Waals surface area contributed by atoms with Gasteiger partial charge in [0.15, 0.2) is 0 Å². The van der Waals surface area contributed by atoms with Gasteiger partial charge in [0, 0.05) is 6.20 Å². The Morgan fingerprint density at radius 1 is 1.38 bits per heavy atom. The second-order valence-electron chi connectivity index (χ2n) is 2.17. The zero-order valence-electron chi connectivity index (χ0n) is 6.30. The number of nitrogens with zero attached hydrogens (tertiary/aromatic N) is 1. The fourth-order valence-electron chi connectivity index (χ4n) is 0.690. The lowest BCUT2D eigenvalue weighted by Crippen LogP contribution is -2.37. The van der Waals surface area contributed by atoms with Gasteiger partial charge in [0.1, 0.15) is 5.69 Å². The summed E-state index contributed by atoms with van der Waals surface area (Å²) in [6.07, 6.45) is -3.47. The van der Waals surface area contributed by atoms with Gasteiger partial charge in [-0.3, -0.25) is 15.1 Å². The van der Waals surface area contributed by atoms with E-state index in [0.29, 0.717) is 0 Å². The minimum Gasteiger partial charge on any atom is -0.267 e. The second-order valence-corrected chi connectivity index (χ2v) is 2.17. The topological polar surface area (TPSA) is 42.0 Å². The summed E-state index contributed by atoms with van der Waals surface area (Å²) in [5, 5.41) is 0.834. The molecule has 0 saturated heterocycles. The Hall–Kier alpha value is -1.59. The molecule has 0 atom stereocenters. The van der Waals surface area contributed by atoms with E-state index < -0.39 is 12.2 Å². The predicted octanol–water partition coefficient (Wildman–Crippen LogP) is 1.33. The van der Waals surface area contributed by atoms with Gasteiger partial charge < -0.3 is 0 Å². The normalized spacial score (nSPS) is 11.0. The van der Waals surface area contributed by atoms with Crippen LogP contribution in [0.4, 0.5) is 13.2 Å². The van der Waals surface area contributed by atoms with Gasteiger partial charge in [-0.05, 0) is 12.1 Å². The maximum absolute atomic E-state index is 11.6. The van der Waals surface area contributed by atoms with Crippen LogP contribution in [0.25, 0.3) is 0 Å². The molecule has 0 unspecified atom stereocenters. The van der Waals surface area contributed by atoms with Crippen molar-refractivity contribution in [2.75, 3.05) is 0 Å². The Kier molecular flexibility index (Phi) is 2.50. The third-order valence-corrected chi connectivity index (χ3v) is 1.15. The Balaban J connectivity index is 2.71. The molecule has 0 spiro atoms. The summed E-state index contributed by atoms with van der Waals surface area (Å²) in [4.78, 5) is 14.2. The summed E-state index contributed by atoms with van der Waals surface area (Å²) in [5.74, 6) is -1.26. The average molecular weight is 190 g/mol. The van der Waals surface area contributed by atoms with E-state index in [1.54, 1.807) is 0 Å². The van der Waals surface area contributed by atoms with Crippen LogP contribution in [0, 0.1) is 0 Å². The van der Waals surface area contributed by atoms with E-state index in [9.17, 15) is 18.0 Å². The number of hydrogen-bond acceptors (Lipinski definition) is 2. The van der Waals surface area contributed by atoms with Crippen LogP contribution < -0.4 is 5.32 Å². The van der Waals surface area contributed by atoms with Crippen LogP contribution >= 0.6 is 0 Å². The van der Waals surface area contributed by atoms with E-state index in [1.165, 1.54) is 24.4 Å². The molecule has 0 radical (unpaired) electrons. The van der Waals surface area contributed by atoms with Crippen molar-refractivity contribution in [3.05, 3.63) is 30.1 Å². The van der Waals surface area contributed by atoms with E-state index in [2.05, 4.69) is 4.98 Å². The lowest BCUT2D eigenvalue weighted by molar-refractivity contribution is -0.146. The summed E-state index contributed by atoms with van der Waals surface area (Å²) in [7, 11) is 0. The maximum Gasteiger partial charge on any atom is 0.484 e. The van der Waals surface area contributed by atoms with E-state index in [-0.39, 0.29) is 5.69 Å². The summed E-state index contributed by atoms with van der Waals surface area (Å²) >= 11 is 0. The monoisotopic (exact) mass is 190 g/mol. The van der Waals surface area contributed by atoms with Crippen molar-refractivity contribution < 1.29 is 18.0 Å². The van der Waals surface area contributed by atoms with Crippen LogP contribution in [0.3, 0.4) is 0 Å². The zero-order valence-corrected chi connectivity index (χ0v) is 6.30. The summed E-state index contributed by atoms with van der Waals surface area (Å²) < 4.78 is 34.9. The van der Waals surface area contributed by atoms with Crippen LogP contribution in [-0.2, 0) is 0 Å². The first-order valence-corrected chi connectivity index (χ1v) is 3.29. The molecular formula is C7H5F3N2O. The van der Waals surface area contributed by atoms with Gasteiger partial charge >= 0.3 is 6.30 Å².